The van der Waals surface area contributed by atoms with Gasteiger partial charge in [-0.15, -0.1) is 0 Å². The Morgan fingerprint density at radius 3 is 2.65 bits per heavy atom. The molecule has 0 radical (unpaired) electrons. The summed E-state index contributed by atoms with van der Waals surface area (Å²) in [6.45, 7) is 1.64. The van der Waals surface area contributed by atoms with E-state index in [0.29, 0.717) is 31.3 Å². The lowest BCUT2D eigenvalue weighted by Crippen LogP contribution is -2.37. The molecule has 1 amide bonds. The molecule has 1 saturated heterocycles. The van der Waals surface area contributed by atoms with Crippen LogP contribution in [-0.4, -0.2) is 47.7 Å². The minimum atomic E-state index is -0.866. The van der Waals surface area contributed by atoms with E-state index in [4.69, 9.17) is 14.6 Å². The number of carboxylic acid groups (broad SMARTS) is 1. The summed E-state index contributed by atoms with van der Waals surface area (Å²) in [4.78, 5) is 25.2. The summed E-state index contributed by atoms with van der Waals surface area (Å²) in [6, 6.07) is 3.44. The summed E-state index contributed by atoms with van der Waals surface area (Å²) >= 11 is 3.47. The average molecular weight is 384 g/mol. The predicted molar refractivity (Wildman–Crippen MR) is 85.8 cm³/mol. The van der Waals surface area contributed by atoms with Crippen molar-refractivity contribution >= 4 is 27.8 Å². The molecule has 7 heteroatoms. The van der Waals surface area contributed by atoms with Crippen molar-refractivity contribution in [2.24, 2.45) is 0 Å². The van der Waals surface area contributed by atoms with Gasteiger partial charge < -0.3 is 19.5 Å². The molecule has 0 saturated carbocycles. The van der Waals surface area contributed by atoms with Crippen LogP contribution in [0.3, 0.4) is 0 Å². The molecule has 2 aliphatic heterocycles. The SMILES string of the molecule is O=C(O)CC1CCCN1C(=O)Cc1cc2c(cc1Br)OCCO2. The fourth-order valence-electron chi connectivity index (χ4n) is 3.08. The molecule has 0 bridgehead atoms. The van der Waals surface area contributed by atoms with Crippen molar-refractivity contribution in [1.82, 2.24) is 4.90 Å². The Morgan fingerprint density at radius 1 is 1.26 bits per heavy atom. The molecule has 1 N–H and O–H groups in total. The van der Waals surface area contributed by atoms with Gasteiger partial charge in [0, 0.05) is 17.1 Å². The van der Waals surface area contributed by atoms with Gasteiger partial charge >= 0.3 is 5.97 Å². The first-order valence-corrected chi connectivity index (χ1v) is 8.43. The van der Waals surface area contributed by atoms with Crippen LogP contribution in [0.2, 0.25) is 0 Å². The van der Waals surface area contributed by atoms with Crippen LogP contribution in [0.15, 0.2) is 16.6 Å². The lowest BCUT2D eigenvalue weighted by Gasteiger charge is -2.24. The second kappa shape index (κ2) is 6.78. The van der Waals surface area contributed by atoms with Crippen molar-refractivity contribution in [2.75, 3.05) is 19.8 Å². The predicted octanol–water partition coefficient (Wildman–Crippen LogP) is 2.23. The van der Waals surface area contributed by atoms with E-state index in [9.17, 15) is 9.59 Å². The summed E-state index contributed by atoms with van der Waals surface area (Å²) in [7, 11) is 0. The molecule has 23 heavy (non-hydrogen) atoms. The van der Waals surface area contributed by atoms with Gasteiger partial charge in [0.1, 0.15) is 13.2 Å². The maximum Gasteiger partial charge on any atom is 0.305 e. The summed E-state index contributed by atoms with van der Waals surface area (Å²) < 4.78 is 11.9. The third kappa shape index (κ3) is 3.60. The van der Waals surface area contributed by atoms with Gasteiger partial charge in [-0.3, -0.25) is 9.59 Å². The van der Waals surface area contributed by atoms with E-state index in [-0.39, 0.29) is 24.8 Å². The van der Waals surface area contributed by atoms with Crippen LogP contribution >= 0.6 is 15.9 Å². The van der Waals surface area contributed by atoms with Crippen molar-refractivity contribution in [3.05, 3.63) is 22.2 Å². The van der Waals surface area contributed by atoms with Crippen molar-refractivity contribution in [3.63, 3.8) is 0 Å². The second-order valence-electron chi connectivity index (χ2n) is 5.75. The zero-order chi connectivity index (χ0) is 16.4. The van der Waals surface area contributed by atoms with E-state index in [1.165, 1.54) is 0 Å². The number of ether oxygens (including phenoxy) is 2. The van der Waals surface area contributed by atoms with Gasteiger partial charge in [0.05, 0.1) is 12.8 Å². The molecule has 1 aromatic carbocycles. The zero-order valence-electron chi connectivity index (χ0n) is 12.6. The van der Waals surface area contributed by atoms with Crippen LogP contribution in [0, 0.1) is 0 Å². The first-order chi connectivity index (χ1) is 11.0. The van der Waals surface area contributed by atoms with Gasteiger partial charge in [-0.05, 0) is 30.5 Å². The molecule has 1 aromatic rings. The van der Waals surface area contributed by atoms with Crippen molar-refractivity contribution in [1.29, 1.82) is 0 Å². The number of hydrogen-bond donors (Lipinski definition) is 1. The number of aliphatic carboxylic acids is 1. The minimum Gasteiger partial charge on any atom is -0.486 e. The Labute approximate surface area is 142 Å². The minimum absolute atomic E-state index is 0.00798. The highest BCUT2D eigenvalue weighted by Gasteiger charge is 2.30. The number of rotatable bonds is 4. The molecule has 6 nitrogen and oxygen atoms in total. The molecule has 124 valence electrons. The fraction of sp³-hybridized carbons (Fsp3) is 0.500. The molecule has 3 rings (SSSR count). The van der Waals surface area contributed by atoms with Gasteiger partial charge in [0.25, 0.3) is 0 Å². The number of fused-ring (bicyclic) bond motifs is 1. The number of halogens is 1. The lowest BCUT2D eigenvalue weighted by molar-refractivity contribution is -0.139. The molecular weight excluding hydrogens is 366 g/mol. The van der Waals surface area contributed by atoms with E-state index in [2.05, 4.69) is 15.9 Å². The van der Waals surface area contributed by atoms with E-state index in [0.717, 1.165) is 22.9 Å². The standard InChI is InChI=1S/C16H18BrNO5/c17-12-9-14-13(22-4-5-23-14)6-10(12)7-15(19)18-3-1-2-11(18)8-16(20)21/h6,9,11H,1-5,7-8H2,(H,20,21). The van der Waals surface area contributed by atoms with Crippen LogP contribution in [0.25, 0.3) is 0 Å². The highest BCUT2D eigenvalue weighted by atomic mass is 79.9. The number of benzene rings is 1. The van der Waals surface area contributed by atoms with Crippen LogP contribution in [0.4, 0.5) is 0 Å². The van der Waals surface area contributed by atoms with E-state index < -0.39 is 5.97 Å². The van der Waals surface area contributed by atoms with E-state index in [1.807, 2.05) is 12.1 Å². The van der Waals surface area contributed by atoms with Crippen molar-refractivity contribution in [3.8, 4) is 11.5 Å². The normalized spacial score (nSPS) is 19.7. The number of hydrogen-bond acceptors (Lipinski definition) is 4. The Kier molecular flexibility index (Phi) is 4.75. The Balaban J connectivity index is 1.73. The summed E-state index contributed by atoms with van der Waals surface area (Å²) in [5, 5.41) is 8.96. The second-order valence-corrected chi connectivity index (χ2v) is 6.60. The molecule has 1 fully saturated rings. The lowest BCUT2D eigenvalue weighted by atomic mass is 10.1. The highest BCUT2D eigenvalue weighted by Crippen LogP contribution is 2.36. The Hall–Kier alpha value is -1.76. The number of nitrogens with zero attached hydrogens (tertiary/aromatic N) is 1. The largest absolute Gasteiger partial charge is 0.486 e. The van der Waals surface area contributed by atoms with Crippen LogP contribution in [0.5, 0.6) is 11.5 Å². The zero-order valence-corrected chi connectivity index (χ0v) is 14.2. The van der Waals surface area contributed by atoms with Crippen molar-refractivity contribution < 1.29 is 24.2 Å². The monoisotopic (exact) mass is 383 g/mol. The number of carboxylic acids is 1. The van der Waals surface area contributed by atoms with E-state index >= 15 is 0 Å². The first-order valence-electron chi connectivity index (χ1n) is 7.64. The van der Waals surface area contributed by atoms with E-state index in [1.54, 1.807) is 4.90 Å². The third-order valence-corrected chi connectivity index (χ3v) is 4.90. The fourth-order valence-corrected chi connectivity index (χ4v) is 3.55. The van der Waals surface area contributed by atoms with Crippen LogP contribution < -0.4 is 9.47 Å². The van der Waals surface area contributed by atoms with Crippen molar-refractivity contribution in [2.45, 2.75) is 31.7 Å². The molecule has 1 atom stereocenters. The number of carbonyl (C=O) groups excluding carboxylic acids is 1. The summed E-state index contributed by atoms with van der Waals surface area (Å²) in [6.07, 6.45) is 1.83. The Morgan fingerprint density at radius 2 is 1.96 bits per heavy atom. The summed E-state index contributed by atoms with van der Waals surface area (Å²) in [5.41, 5.74) is 0.820. The Bertz CT molecular complexity index is 633. The van der Waals surface area contributed by atoms with Gasteiger partial charge in [0.15, 0.2) is 11.5 Å². The smallest absolute Gasteiger partial charge is 0.305 e. The number of likely N-dealkylation sites (tertiary alicyclic amines) is 1. The molecule has 0 aromatic heterocycles. The highest BCUT2D eigenvalue weighted by molar-refractivity contribution is 9.10. The van der Waals surface area contributed by atoms with Crippen LogP contribution in [0.1, 0.15) is 24.8 Å². The topological polar surface area (TPSA) is 76.1 Å². The molecular formula is C16H18BrNO5. The average Bonchev–Trinajstić information content (AvgIpc) is 2.95. The van der Waals surface area contributed by atoms with Gasteiger partial charge in [-0.25, -0.2) is 0 Å². The quantitative estimate of drug-likeness (QED) is 0.862. The maximum absolute atomic E-state index is 12.6. The number of amides is 1. The summed E-state index contributed by atoms with van der Waals surface area (Å²) in [5.74, 6) is 0.399. The number of carbonyl (C=O) groups is 2. The molecule has 1 unspecified atom stereocenters. The van der Waals surface area contributed by atoms with Gasteiger partial charge in [-0.1, -0.05) is 15.9 Å². The molecule has 0 aliphatic carbocycles. The third-order valence-electron chi connectivity index (χ3n) is 4.16. The first kappa shape index (κ1) is 16.1. The molecule has 0 spiro atoms. The maximum atomic E-state index is 12.6. The molecule has 2 aliphatic rings. The van der Waals surface area contributed by atoms with Crippen LogP contribution in [-0.2, 0) is 16.0 Å². The molecule has 2 heterocycles. The van der Waals surface area contributed by atoms with Gasteiger partial charge in [0.2, 0.25) is 5.91 Å². The van der Waals surface area contributed by atoms with Gasteiger partial charge in [-0.2, -0.15) is 0 Å².